The third kappa shape index (κ3) is 3.62. The number of ether oxygens (including phenoxy) is 1. The van der Waals surface area contributed by atoms with Gasteiger partial charge in [-0.25, -0.2) is 0 Å². The van der Waals surface area contributed by atoms with Gasteiger partial charge in [0.15, 0.2) is 0 Å². The van der Waals surface area contributed by atoms with Gasteiger partial charge in [0.1, 0.15) is 11.9 Å². The van der Waals surface area contributed by atoms with Gasteiger partial charge in [0, 0.05) is 11.6 Å². The molecule has 2 N–H and O–H groups in total. The van der Waals surface area contributed by atoms with E-state index in [1.54, 1.807) is 31.3 Å². The molecule has 1 saturated carbocycles. The highest BCUT2D eigenvalue weighted by atomic mass is 19.4. The molecule has 1 atom stereocenters. The first-order valence-electron chi connectivity index (χ1n) is 7.79. The van der Waals surface area contributed by atoms with E-state index in [0.29, 0.717) is 11.3 Å². The highest BCUT2D eigenvalue weighted by molar-refractivity contribution is 5.38. The van der Waals surface area contributed by atoms with E-state index in [1.165, 1.54) is 24.3 Å². The molecule has 0 bridgehead atoms. The van der Waals surface area contributed by atoms with Crippen molar-refractivity contribution < 1.29 is 28.1 Å². The number of aromatic nitrogens is 1. The van der Waals surface area contributed by atoms with Crippen LogP contribution < -0.4 is 4.74 Å². The Morgan fingerprint density at radius 2 is 1.76 bits per heavy atom. The number of nitrogens with zero attached hydrogens (tertiary/aromatic N) is 1. The van der Waals surface area contributed by atoms with E-state index in [1.807, 2.05) is 0 Å². The van der Waals surface area contributed by atoms with Crippen LogP contribution in [-0.4, -0.2) is 27.2 Å². The summed E-state index contributed by atoms with van der Waals surface area (Å²) in [5.74, 6) is -0.329. The fourth-order valence-corrected chi connectivity index (χ4v) is 3.67. The van der Waals surface area contributed by atoms with Crippen LogP contribution in [0.25, 0.3) is 0 Å². The summed E-state index contributed by atoms with van der Waals surface area (Å²) in [6.07, 6.45) is -3.63. The average Bonchev–Trinajstić information content (AvgIpc) is 2.51. The van der Waals surface area contributed by atoms with E-state index >= 15 is 0 Å². The number of hydrogen-bond donors (Lipinski definition) is 2. The lowest BCUT2D eigenvalue weighted by Gasteiger charge is -2.54. The number of hydrogen-bond acceptors (Lipinski definition) is 4. The lowest BCUT2D eigenvalue weighted by molar-refractivity contribution is -0.274. The second kappa shape index (κ2) is 6.00. The van der Waals surface area contributed by atoms with Crippen LogP contribution in [0.15, 0.2) is 48.7 Å². The van der Waals surface area contributed by atoms with E-state index < -0.39 is 23.5 Å². The van der Waals surface area contributed by atoms with Crippen molar-refractivity contribution in [3.8, 4) is 5.75 Å². The van der Waals surface area contributed by atoms with Crippen LogP contribution >= 0.6 is 0 Å². The number of alkyl halides is 3. The van der Waals surface area contributed by atoms with Gasteiger partial charge in [-0.1, -0.05) is 18.2 Å². The summed E-state index contributed by atoms with van der Waals surface area (Å²) in [4.78, 5) is 4.16. The Kier molecular flexibility index (Phi) is 4.25. The maximum Gasteiger partial charge on any atom is 0.573 e. The molecule has 1 aromatic carbocycles. The molecule has 1 aliphatic rings. The van der Waals surface area contributed by atoms with E-state index in [4.69, 9.17) is 0 Å². The van der Waals surface area contributed by atoms with Crippen LogP contribution in [0.4, 0.5) is 13.2 Å². The Balaban J connectivity index is 1.92. The summed E-state index contributed by atoms with van der Waals surface area (Å²) in [5.41, 5.74) is -0.675. The molecule has 0 amide bonds. The predicted octanol–water partition coefficient (Wildman–Crippen LogP) is 3.50. The summed E-state index contributed by atoms with van der Waals surface area (Å²) in [7, 11) is 0. The first-order valence-corrected chi connectivity index (χ1v) is 7.79. The lowest BCUT2D eigenvalue weighted by atomic mass is 9.53. The third-order valence-electron chi connectivity index (χ3n) is 4.55. The van der Waals surface area contributed by atoms with Crippen molar-refractivity contribution in [2.24, 2.45) is 0 Å². The predicted molar refractivity (Wildman–Crippen MR) is 83.9 cm³/mol. The van der Waals surface area contributed by atoms with Crippen molar-refractivity contribution in [2.45, 2.75) is 43.2 Å². The van der Waals surface area contributed by atoms with Crippen molar-refractivity contribution in [1.82, 2.24) is 4.98 Å². The Hall–Kier alpha value is -2.12. The largest absolute Gasteiger partial charge is 0.573 e. The van der Waals surface area contributed by atoms with Gasteiger partial charge >= 0.3 is 6.36 Å². The zero-order valence-corrected chi connectivity index (χ0v) is 13.5. The first kappa shape index (κ1) is 17.7. The number of aliphatic hydroxyl groups excluding tert-OH is 1. The molecule has 4 nitrogen and oxygen atoms in total. The van der Waals surface area contributed by atoms with Gasteiger partial charge in [-0.15, -0.1) is 13.2 Å². The summed E-state index contributed by atoms with van der Waals surface area (Å²) in [5, 5.41) is 21.1. The molecule has 0 unspecified atom stereocenters. The summed E-state index contributed by atoms with van der Waals surface area (Å²) in [6.45, 7) is 1.66. The SMILES string of the molecule is CC1(O)CC(c2ccc(OC(F)(F)F)cc2)([C@@H](O)c2ccccn2)C1. The molecular weight excluding hydrogens is 335 g/mol. The number of benzene rings is 1. The van der Waals surface area contributed by atoms with E-state index in [-0.39, 0.29) is 18.6 Å². The van der Waals surface area contributed by atoms with E-state index in [2.05, 4.69) is 9.72 Å². The molecular formula is C18H18F3NO3. The number of halogens is 3. The molecule has 1 heterocycles. The Morgan fingerprint density at radius 1 is 1.12 bits per heavy atom. The maximum absolute atomic E-state index is 12.3. The van der Waals surface area contributed by atoms with Crippen LogP contribution in [0.3, 0.4) is 0 Å². The minimum atomic E-state index is -4.76. The average molecular weight is 353 g/mol. The van der Waals surface area contributed by atoms with Crippen LogP contribution in [0.5, 0.6) is 5.75 Å². The minimum Gasteiger partial charge on any atom is -0.406 e. The number of pyridine rings is 1. The van der Waals surface area contributed by atoms with Gasteiger partial charge in [0.25, 0.3) is 0 Å². The zero-order chi connectivity index (χ0) is 18.3. The fourth-order valence-electron chi connectivity index (χ4n) is 3.67. The molecule has 0 spiro atoms. The van der Waals surface area contributed by atoms with E-state index in [9.17, 15) is 23.4 Å². The topological polar surface area (TPSA) is 62.6 Å². The van der Waals surface area contributed by atoms with Crippen molar-refractivity contribution in [3.63, 3.8) is 0 Å². The Labute approximate surface area is 142 Å². The quantitative estimate of drug-likeness (QED) is 0.883. The van der Waals surface area contributed by atoms with E-state index in [0.717, 1.165) is 0 Å². The highest BCUT2D eigenvalue weighted by Gasteiger charge is 2.56. The maximum atomic E-state index is 12.3. The first-order chi connectivity index (χ1) is 11.6. The van der Waals surface area contributed by atoms with Crippen LogP contribution in [0, 0.1) is 0 Å². The van der Waals surface area contributed by atoms with Gasteiger partial charge in [-0.2, -0.15) is 0 Å². The molecule has 0 saturated heterocycles. The zero-order valence-electron chi connectivity index (χ0n) is 13.5. The molecule has 3 rings (SSSR count). The molecule has 2 aromatic rings. The Bertz CT molecular complexity index is 721. The van der Waals surface area contributed by atoms with Crippen molar-refractivity contribution in [3.05, 3.63) is 59.9 Å². The van der Waals surface area contributed by atoms with Crippen LogP contribution in [0.2, 0.25) is 0 Å². The van der Waals surface area contributed by atoms with Gasteiger partial charge in [-0.05, 0) is 49.6 Å². The lowest BCUT2D eigenvalue weighted by Crippen LogP contribution is -2.56. The highest BCUT2D eigenvalue weighted by Crippen LogP contribution is 2.56. The molecule has 134 valence electrons. The van der Waals surface area contributed by atoms with Crippen molar-refractivity contribution in [2.75, 3.05) is 0 Å². The van der Waals surface area contributed by atoms with Crippen LogP contribution in [-0.2, 0) is 5.41 Å². The minimum absolute atomic E-state index is 0.275. The normalized spacial score (nSPS) is 27.4. The molecule has 1 fully saturated rings. The molecule has 1 aromatic heterocycles. The molecule has 0 aliphatic heterocycles. The molecule has 25 heavy (non-hydrogen) atoms. The standard InChI is InChI=1S/C18H18F3NO3/c1-16(24)10-17(11-16,15(23)14-4-2-3-9-22-14)12-5-7-13(8-6-12)25-18(19,20)21/h2-9,15,23-24H,10-11H2,1H3/t15-,16?,17?/m0/s1. The summed E-state index contributed by atoms with van der Waals surface area (Å²) < 4.78 is 40.8. The fraction of sp³-hybridized carbons (Fsp3) is 0.389. The van der Waals surface area contributed by atoms with Gasteiger partial charge in [0.2, 0.25) is 0 Å². The van der Waals surface area contributed by atoms with Crippen LogP contribution in [0.1, 0.15) is 37.1 Å². The number of rotatable bonds is 4. The monoisotopic (exact) mass is 353 g/mol. The van der Waals surface area contributed by atoms with Gasteiger partial charge in [-0.3, -0.25) is 4.98 Å². The summed E-state index contributed by atoms with van der Waals surface area (Å²) in [6, 6.07) is 10.6. The molecule has 7 heteroatoms. The third-order valence-corrected chi connectivity index (χ3v) is 4.55. The summed E-state index contributed by atoms with van der Waals surface area (Å²) >= 11 is 0. The molecule has 1 aliphatic carbocycles. The van der Waals surface area contributed by atoms with Crippen molar-refractivity contribution in [1.29, 1.82) is 0 Å². The van der Waals surface area contributed by atoms with Gasteiger partial charge in [0.05, 0.1) is 11.3 Å². The van der Waals surface area contributed by atoms with Crippen molar-refractivity contribution >= 4 is 0 Å². The Morgan fingerprint density at radius 3 is 2.24 bits per heavy atom. The second-order valence-electron chi connectivity index (χ2n) is 6.74. The molecule has 0 radical (unpaired) electrons. The van der Waals surface area contributed by atoms with Gasteiger partial charge < -0.3 is 14.9 Å². The smallest absolute Gasteiger partial charge is 0.406 e. The second-order valence-corrected chi connectivity index (χ2v) is 6.74. The number of aliphatic hydroxyl groups is 2.